The maximum absolute atomic E-state index is 10.9. The van der Waals surface area contributed by atoms with Gasteiger partial charge < -0.3 is 14.8 Å². The van der Waals surface area contributed by atoms with Crippen LogP contribution in [0.5, 0.6) is 5.75 Å². The van der Waals surface area contributed by atoms with Gasteiger partial charge in [0.05, 0.1) is 12.1 Å². The molecule has 0 radical (unpaired) electrons. The Labute approximate surface area is 101 Å². The molecule has 0 saturated carbocycles. The highest BCUT2D eigenvalue weighted by atomic mass is 16.6. The molecule has 1 amide bonds. The fourth-order valence-corrected chi connectivity index (χ4v) is 1.80. The van der Waals surface area contributed by atoms with Crippen LogP contribution in [0.1, 0.15) is 19.4 Å². The second-order valence-corrected chi connectivity index (χ2v) is 4.45. The fraction of sp³-hybridized carbons (Fsp3) is 0.462. The molecule has 0 aromatic heterocycles. The van der Waals surface area contributed by atoms with Gasteiger partial charge in [0.1, 0.15) is 12.4 Å². The summed E-state index contributed by atoms with van der Waals surface area (Å²) >= 11 is 0. The van der Waals surface area contributed by atoms with Crippen molar-refractivity contribution in [2.45, 2.75) is 32.4 Å². The summed E-state index contributed by atoms with van der Waals surface area (Å²) in [6, 6.07) is 8.02. The first-order valence-corrected chi connectivity index (χ1v) is 5.82. The lowest BCUT2D eigenvalue weighted by Crippen LogP contribution is -2.28. The molecule has 0 aliphatic carbocycles. The number of nitrogens with one attached hydrogen (secondary N) is 1. The molecule has 1 aliphatic heterocycles. The number of benzene rings is 1. The molecule has 17 heavy (non-hydrogen) atoms. The summed E-state index contributed by atoms with van der Waals surface area (Å²) in [5.41, 5.74) is 1.16. The van der Waals surface area contributed by atoms with Crippen LogP contribution in [0.15, 0.2) is 24.3 Å². The van der Waals surface area contributed by atoms with Crippen molar-refractivity contribution in [2.75, 3.05) is 6.61 Å². The van der Waals surface area contributed by atoms with Crippen molar-refractivity contribution >= 4 is 6.09 Å². The second kappa shape index (κ2) is 5.08. The number of hydrogen-bond acceptors (Lipinski definition) is 3. The molecule has 1 heterocycles. The van der Waals surface area contributed by atoms with Gasteiger partial charge >= 0.3 is 6.09 Å². The number of rotatable bonds is 4. The Balaban J connectivity index is 1.91. The lowest BCUT2D eigenvalue weighted by molar-refractivity contribution is 0.177. The summed E-state index contributed by atoms with van der Waals surface area (Å²) in [6.07, 6.45) is 0.645. The normalized spacial score (nSPS) is 19.0. The first kappa shape index (κ1) is 11.8. The molecule has 1 aliphatic rings. The van der Waals surface area contributed by atoms with Gasteiger partial charge in [-0.2, -0.15) is 0 Å². The minimum atomic E-state index is -0.324. The summed E-state index contributed by atoms with van der Waals surface area (Å²) in [7, 11) is 0. The average Bonchev–Trinajstić information content (AvgIpc) is 2.66. The van der Waals surface area contributed by atoms with Crippen molar-refractivity contribution in [3.8, 4) is 5.75 Å². The van der Waals surface area contributed by atoms with Gasteiger partial charge in [0.2, 0.25) is 0 Å². The van der Waals surface area contributed by atoms with Gasteiger partial charge in [-0.25, -0.2) is 4.79 Å². The van der Waals surface area contributed by atoms with E-state index in [1.54, 1.807) is 0 Å². The van der Waals surface area contributed by atoms with Crippen LogP contribution in [0, 0.1) is 0 Å². The molecule has 1 fully saturated rings. The molecule has 1 atom stereocenters. The van der Waals surface area contributed by atoms with E-state index >= 15 is 0 Å². The standard InChI is InChI=1S/C13H17NO3/c1-9(2)17-12-5-3-10(4-6-12)7-11-8-16-13(15)14-11/h3-6,9,11H,7-8H2,1-2H3,(H,14,15). The summed E-state index contributed by atoms with van der Waals surface area (Å²) < 4.78 is 10.4. The van der Waals surface area contributed by atoms with E-state index in [0.29, 0.717) is 6.61 Å². The lowest BCUT2D eigenvalue weighted by Gasteiger charge is -2.11. The first-order chi connectivity index (χ1) is 8.13. The molecule has 4 nitrogen and oxygen atoms in total. The molecule has 1 N–H and O–H groups in total. The molecule has 1 unspecified atom stereocenters. The molecular formula is C13H17NO3. The number of amides is 1. The van der Waals surface area contributed by atoms with Crippen LogP contribution < -0.4 is 10.1 Å². The van der Waals surface area contributed by atoms with Crippen LogP contribution in [0.3, 0.4) is 0 Å². The Bertz CT molecular complexity index is 386. The molecular weight excluding hydrogens is 218 g/mol. The predicted octanol–water partition coefficient (Wildman–Crippen LogP) is 2.12. The molecule has 4 heteroatoms. The summed E-state index contributed by atoms with van der Waals surface area (Å²) in [5, 5.41) is 2.76. The largest absolute Gasteiger partial charge is 0.491 e. The van der Waals surface area contributed by atoms with Crippen LogP contribution >= 0.6 is 0 Å². The third kappa shape index (κ3) is 3.37. The van der Waals surface area contributed by atoms with Gasteiger partial charge in [0.25, 0.3) is 0 Å². The maximum atomic E-state index is 10.9. The van der Waals surface area contributed by atoms with Crippen molar-refractivity contribution in [1.82, 2.24) is 5.32 Å². The highest BCUT2D eigenvalue weighted by Gasteiger charge is 2.21. The van der Waals surface area contributed by atoms with Crippen molar-refractivity contribution in [3.05, 3.63) is 29.8 Å². The summed E-state index contributed by atoms with van der Waals surface area (Å²) in [5.74, 6) is 0.871. The number of cyclic esters (lactones) is 1. The van der Waals surface area contributed by atoms with Crippen LogP contribution in [-0.2, 0) is 11.2 Å². The van der Waals surface area contributed by atoms with Gasteiger partial charge in [-0.05, 0) is 38.0 Å². The van der Waals surface area contributed by atoms with E-state index in [9.17, 15) is 4.79 Å². The van der Waals surface area contributed by atoms with Crippen LogP contribution in [0.25, 0.3) is 0 Å². The molecule has 1 aromatic carbocycles. The topological polar surface area (TPSA) is 47.6 Å². The van der Waals surface area contributed by atoms with E-state index < -0.39 is 0 Å². The van der Waals surface area contributed by atoms with E-state index in [4.69, 9.17) is 9.47 Å². The van der Waals surface area contributed by atoms with E-state index in [-0.39, 0.29) is 18.2 Å². The van der Waals surface area contributed by atoms with E-state index in [1.165, 1.54) is 0 Å². The molecule has 92 valence electrons. The Morgan fingerprint density at radius 3 is 2.65 bits per heavy atom. The Hall–Kier alpha value is -1.71. The van der Waals surface area contributed by atoms with Gasteiger partial charge in [0.15, 0.2) is 0 Å². The predicted molar refractivity (Wildman–Crippen MR) is 64.2 cm³/mol. The zero-order valence-corrected chi connectivity index (χ0v) is 10.1. The number of alkyl carbamates (subject to hydrolysis) is 1. The van der Waals surface area contributed by atoms with Crippen molar-refractivity contribution in [1.29, 1.82) is 0 Å². The second-order valence-electron chi connectivity index (χ2n) is 4.45. The highest BCUT2D eigenvalue weighted by molar-refractivity contribution is 5.69. The summed E-state index contributed by atoms with van der Waals surface area (Å²) in [6.45, 7) is 4.45. The Kier molecular flexibility index (Phi) is 3.52. The molecule has 1 aromatic rings. The number of ether oxygens (including phenoxy) is 2. The fourth-order valence-electron chi connectivity index (χ4n) is 1.80. The minimum absolute atomic E-state index is 0.0827. The van der Waals surface area contributed by atoms with Crippen molar-refractivity contribution in [2.24, 2.45) is 0 Å². The smallest absolute Gasteiger partial charge is 0.407 e. The quantitative estimate of drug-likeness (QED) is 0.869. The first-order valence-electron chi connectivity index (χ1n) is 5.82. The van der Waals surface area contributed by atoms with E-state index in [1.807, 2.05) is 38.1 Å². The molecule has 0 spiro atoms. The molecule has 2 rings (SSSR count). The van der Waals surface area contributed by atoms with E-state index in [0.717, 1.165) is 17.7 Å². The maximum Gasteiger partial charge on any atom is 0.407 e. The van der Waals surface area contributed by atoms with Gasteiger partial charge in [-0.1, -0.05) is 12.1 Å². The van der Waals surface area contributed by atoms with Crippen molar-refractivity contribution < 1.29 is 14.3 Å². The van der Waals surface area contributed by atoms with Crippen molar-refractivity contribution in [3.63, 3.8) is 0 Å². The number of carbonyl (C=O) groups excluding carboxylic acids is 1. The average molecular weight is 235 g/mol. The summed E-state index contributed by atoms with van der Waals surface area (Å²) in [4.78, 5) is 10.9. The number of carbonyl (C=O) groups is 1. The Morgan fingerprint density at radius 1 is 1.41 bits per heavy atom. The van der Waals surface area contributed by atoms with Crippen LogP contribution in [0.2, 0.25) is 0 Å². The third-order valence-corrected chi connectivity index (χ3v) is 2.51. The SMILES string of the molecule is CC(C)Oc1ccc(CC2COC(=O)N2)cc1. The molecule has 1 saturated heterocycles. The number of hydrogen-bond donors (Lipinski definition) is 1. The van der Waals surface area contributed by atoms with Gasteiger partial charge in [-0.15, -0.1) is 0 Å². The lowest BCUT2D eigenvalue weighted by atomic mass is 10.1. The van der Waals surface area contributed by atoms with Crippen LogP contribution in [0.4, 0.5) is 4.79 Å². The van der Waals surface area contributed by atoms with Gasteiger partial charge in [-0.3, -0.25) is 0 Å². The minimum Gasteiger partial charge on any atom is -0.491 e. The monoisotopic (exact) mass is 235 g/mol. The highest BCUT2D eigenvalue weighted by Crippen LogP contribution is 2.15. The van der Waals surface area contributed by atoms with E-state index in [2.05, 4.69) is 5.32 Å². The Morgan fingerprint density at radius 2 is 2.12 bits per heavy atom. The zero-order chi connectivity index (χ0) is 12.3. The van der Waals surface area contributed by atoms with Gasteiger partial charge in [0, 0.05) is 0 Å². The molecule has 0 bridgehead atoms. The zero-order valence-electron chi connectivity index (χ0n) is 10.1. The van der Waals surface area contributed by atoms with Crippen LogP contribution in [-0.4, -0.2) is 24.8 Å². The third-order valence-electron chi connectivity index (χ3n) is 2.51.